The van der Waals surface area contributed by atoms with E-state index in [1.165, 1.54) is 95.8 Å². The molecule has 0 aromatic rings. The number of hydrogen-bond donors (Lipinski definition) is 1. The van der Waals surface area contributed by atoms with Gasteiger partial charge in [0.15, 0.2) is 0 Å². The molecule has 0 fully saturated rings. The first-order valence-electron chi connectivity index (χ1n) is 9.78. The quantitative estimate of drug-likeness (QED) is 0.309. The van der Waals surface area contributed by atoms with Crippen molar-refractivity contribution in [1.82, 2.24) is 0 Å². The molecule has 0 spiro atoms. The van der Waals surface area contributed by atoms with Gasteiger partial charge < -0.3 is 5.11 Å². The molecule has 0 saturated carbocycles. The molecule has 1 atom stereocenters. The second-order valence-corrected chi connectivity index (χ2v) is 6.64. The summed E-state index contributed by atoms with van der Waals surface area (Å²) >= 11 is 0. The van der Waals surface area contributed by atoms with Gasteiger partial charge in [-0.05, 0) is 19.3 Å². The SMILES string of the molecule is CCCCCC[C](CCCCCC)C(O)CCCCCC. The molecule has 0 rings (SSSR count). The summed E-state index contributed by atoms with van der Waals surface area (Å²) in [6.45, 7) is 6.77. The lowest BCUT2D eigenvalue weighted by Gasteiger charge is -2.22. The summed E-state index contributed by atoms with van der Waals surface area (Å²) in [6.07, 6.45) is 18.8. The van der Waals surface area contributed by atoms with Gasteiger partial charge in [-0.3, -0.25) is 0 Å². The Kier molecular flexibility index (Phi) is 16.3. The van der Waals surface area contributed by atoms with Crippen molar-refractivity contribution in [2.24, 2.45) is 0 Å². The van der Waals surface area contributed by atoms with Crippen molar-refractivity contribution in [3.8, 4) is 0 Å². The topological polar surface area (TPSA) is 20.2 Å². The van der Waals surface area contributed by atoms with E-state index >= 15 is 0 Å². The molecule has 21 heavy (non-hydrogen) atoms. The fraction of sp³-hybridized carbons (Fsp3) is 0.950. The van der Waals surface area contributed by atoms with Crippen LogP contribution in [0.15, 0.2) is 0 Å². The Hall–Kier alpha value is -0.0400. The molecule has 0 aromatic carbocycles. The van der Waals surface area contributed by atoms with Crippen LogP contribution in [-0.2, 0) is 0 Å². The van der Waals surface area contributed by atoms with Gasteiger partial charge in [-0.25, -0.2) is 0 Å². The van der Waals surface area contributed by atoms with Crippen molar-refractivity contribution in [3.63, 3.8) is 0 Å². The van der Waals surface area contributed by atoms with Gasteiger partial charge in [0.1, 0.15) is 0 Å². The summed E-state index contributed by atoms with van der Waals surface area (Å²) in [5.74, 6) is 1.46. The highest BCUT2D eigenvalue weighted by atomic mass is 16.3. The highest BCUT2D eigenvalue weighted by Crippen LogP contribution is 2.26. The van der Waals surface area contributed by atoms with E-state index in [4.69, 9.17) is 0 Å². The van der Waals surface area contributed by atoms with Crippen molar-refractivity contribution >= 4 is 0 Å². The predicted molar refractivity (Wildman–Crippen MR) is 95.5 cm³/mol. The minimum absolute atomic E-state index is 0.120. The molecule has 1 nitrogen and oxygen atoms in total. The second kappa shape index (κ2) is 16.3. The summed E-state index contributed by atoms with van der Waals surface area (Å²) in [4.78, 5) is 0. The summed E-state index contributed by atoms with van der Waals surface area (Å²) in [6, 6.07) is 0. The van der Waals surface area contributed by atoms with Crippen molar-refractivity contribution < 1.29 is 5.11 Å². The summed E-state index contributed by atoms with van der Waals surface area (Å²) in [5, 5.41) is 10.5. The maximum atomic E-state index is 10.5. The zero-order chi connectivity index (χ0) is 15.8. The third kappa shape index (κ3) is 13.4. The smallest absolute Gasteiger partial charge is 0.0602 e. The van der Waals surface area contributed by atoms with Gasteiger partial charge in [-0.1, -0.05) is 97.8 Å². The molecule has 127 valence electrons. The fourth-order valence-corrected chi connectivity index (χ4v) is 2.98. The number of unbranched alkanes of at least 4 members (excludes halogenated alkanes) is 9. The van der Waals surface area contributed by atoms with Gasteiger partial charge in [-0.15, -0.1) is 0 Å². The van der Waals surface area contributed by atoms with E-state index in [1.807, 2.05) is 0 Å². The molecule has 0 saturated heterocycles. The van der Waals surface area contributed by atoms with E-state index in [9.17, 15) is 5.11 Å². The monoisotopic (exact) mass is 297 g/mol. The molecule has 0 bridgehead atoms. The Balaban J connectivity index is 3.95. The first-order chi connectivity index (χ1) is 10.3. The summed E-state index contributed by atoms with van der Waals surface area (Å²) < 4.78 is 0. The largest absolute Gasteiger partial charge is 0.393 e. The molecule has 0 aliphatic carbocycles. The van der Waals surface area contributed by atoms with Gasteiger partial charge >= 0.3 is 0 Å². The van der Waals surface area contributed by atoms with Crippen LogP contribution in [0.4, 0.5) is 0 Å². The number of aliphatic hydroxyl groups is 1. The van der Waals surface area contributed by atoms with Crippen molar-refractivity contribution in [2.75, 3.05) is 0 Å². The molecule has 0 amide bonds. The molecule has 1 N–H and O–H groups in total. The molecular weight excluding hydrogens is 256 g/mol. The lowest BCUT2D eigenvalue weighted by atomic mass is 9.87. The van der Waals surface area contributed by atoms with Crippen molar-refractivity contribution in [1.29, 1.82) is 0 Å². The molecule has 1 heteroatoms. The van der Waals surface area contributed by atoms with Crippen molar-refractivity contribution in [2.45, 2.75) is 123 Å². The molecule has 0 heterocycles. The normalized spacial score (nSPS) is 13.0. The van der Waals surface area contributed by atoms with Crippen LogP contribution in [0.2, 0.25) is 0 Å². The predicted octanol–water partition coefficient (Wildman–Crippen LogP) is 6.83. The molecule has 1 unspecified atom stereocenters. The van der Waals surface area contributed by atoms with Gasteiger partial charge in [0.25, 0.3) is 0 Å². The Morgan fingerprint density at radius 2 is 1.05 bits per heavy atom. The van der Waals surface area contributed by atoms with E-state index in [0.29, 0.717) is 0 Å². The average molecular weight is 298 g/mol. The lowest BCUT2D eigenvalue weighted by Crippen LogP contribution is -2.18. The van der Waals surface area contributed by atoms with Crippen LogP contribution in [-0.4, -0.2) is 11.2 Å². The molecular formula is C20H41O. The number of aliphatic hydroxyl groups excluding tert-OH is 1. The molecule has 0 aromatic heterocycles. The Labute approximate surface area is 134 Å². The summed E-state index contributed by atoms with van der Waals surface area (Å²) in [7, 11) is 0. The van der Waals surface area contributed by atoms with Gasteiger partial charge in [0.05, 0.1) is 6.10 Å². The first-order valence-corrected chi connectivity index (χ1v) is 9.78. The highest BCUT2D eigenvalue weighted by Gasteiger charge is 2.18. The Bertz CT molecular complexity index is 178. The van der Waals surface area contributed by atoms with Gasteiger partial charge in [0.2, 0.25) is 0 Å². The minimum atomic E-state index is -0.120. The first kappa shape index (κ1) is 21.0. The van der Waals surface area contributed by atoms with Crippen LogP contribution in [0.1, 0.15) is 117 Å². The third-order valence-corrected chi connectivity index (χ3v) is 4.51. The minimum Gasteiger partial charge on any atom is -0.393 e. The van der Waals surface area contributed by atoms with Crippen LogP contribution in [0, 0.1) is 5.92 Å². The maximum absolute atomic E-state index is 10.5. The maximum Gasteiger partial charge on any atom is 0.0602 e. The standard InChI is InChI=1S/C20H41O/c1-4-7-10-13-16-19(17-14-11-8-5-2)20(21)18-15-12-9-6-3/h20-21H,4-18H2,1-3H3. The van der Waals surface area contributed by atoms with Crippen LogP contribution in [0.25, 0.3) is 0 Å². The third-order valence-electron chi connectivity index (χ3n) is 4.51. The van der Waals surface area contributed by atoms with E-state index in [0.717, 1.165) is 6.42 Å². The van der Waals surface area contributed by atoms with Gasteiger partial charge in [-0.2, -0.15) is 0 Å². The van der Waals surface area contributed by atoms with Crippen LogP contribution >= 0.6 is 0 Å². The van der Waals surface area contributed by atoms with E-state index in [-0.39, 0.29) is 6.10 Å². The fourth-order valence-electron chi connectivity index (χ4n) is 2.98. The highest BCUT2D eigenvalue weighted by molar-refractivity contribution is 4.96. The van der Waals surface area contributed by atoms with Crippen LogP contribution in [0.3, 0.4) is 0 Å². The van der Waals surface area contributed by atoms with Crippen LogP contribution in [0.5, 0.6) is 0 Å². The Morgan fingerprint density at radius 1 is 0.619 bits per heavy atom. The summed E-state index contributed by atoms with van der Waals surface area (Å²) in [5.41, 5.74) is 0. The Morgan fingerprint density at radius 3 is 1.48 bits per heavy atom. The average Bonchev–Trinajstić information content (AvgIpc) is 2.49. The number of rotatable bonds is 16. The number of hydrogen-bond acceptors (Lipinski definition) is 1. The van der Waals surface area contributed by atoms with E-state index in [1.54, 1.807) is 0 Å². The van der Waals surface area contributed by atoms with E-state index < -0.39 is 0 Å². The zero-order valence-electron chi connectivity index (χ0n) is 15.1. The van der Waals surface area contributed by atoms with Gasteiger partial charge in [0, 0.05) is 5.92 Å². The van der Waals surface area contributed by atoms with E-state index in [2.05, 4.69) is 20.8 Å². The molecule has 1 radical (unpaired) electrons. The molecule has 0 aliphatic rings. The second-order valence-electron chi connectivity index (χ2n) is 6.64. The van der Waals surface area contributed by atoms with Crippen molar-refractivity contribution in [3.05, 3.63) is 5.92 Å². The van der Waals surface area contributed by atoms with Crippen LogP contribution < -0.4 is 0 Å². The zero-order valence-corrected chi connectivity index (χ0v) is 15.1. The lowest BCUT2D eigenvalue weighted by molar-refractivity contribution is 0.159. The molecule has 0 aliphatic heterocycles.